The van der Waals surface area contributed by atoms with Gasteiger partial charge in [0.25, 0.3) is 0 Å². The van der Waals surface area contributed by atoms with Crippen LogP contribution in [0.3, 0.4) is 0 Å². The molecule has 0 fully saturated rings. The molecule has 13 aromatic rings. The number of benzene rings is 11. The molecule has 11 aromatic carbocycles. The summed E-state index contributed by atoms with van der Waals surface area (Å²) in [4.78, 5) is 2.46. The van der Waals surface area contributed by atoms with Crippen molar-refractivity contribution in [3.63, 3.8) is 0 Å². The van der Waals surface area contributed by atoms with E-state index in [0.717, 1.165) is 17.1 Å². The molecule has 0 saturated carbocycles. The number of thiophene rings is 2. The molecular weight excluding hydrogens is 943 g/mol. The first kappa shape index (κ1) is 44.2. The van der Waals surface area contributed by atoms with E-state index in [2.05, 4.69) is 269 Å². The van der Waals surface area contributed by atoms with Gasteiger partial charge in [-0.3, -0.25) is 0 Å². The minimum Gasteiger partial charge on any atom is -0.310 e. The Kier molecular flexibility index (Phi) is 9.77. The maximum absolute atomic E-state index is 2.58. The minimum atomic E-state index is -0.277. The van der Waals surface area contributed by atoms with Crippen molar-refractivity contribution in [2.75, 3.05) is 4.90 Å². The van der Waals surface area contributed by atoms with Gasteiger partial charge in [-0.15, -0.1) is 22.7 Å². The van der Waals surface area contributed by atoms with E-state index in [4.69, 9.17) is 0 Å². The molecule has 0 unspecified atom stereocenters. The van der Waals surface area contributed by atoms with E-state index in [9.17, 15) is 0 Å². The normalized spacial score (nSPS) is 13.8. The van der Waals surface area contributed by atoms with Crippen molar-refractivity contribution in [3.05, 3.63) is 259 Å². The van der Waals surface area contributed by atoms with Crippen LogP contribution in [0.2, 0.25) is 0 Å². The molecule has 75 heavy (non-hydrogen) atoms. The Labute approximate surface area is 446 Å². The van der Waals surface area contributed by atoms with Crippen LogP contribution in [0.25, 0.3) is 107 Å². The van der Waals surface area contributed by atoms with Gasteiger partial charge < -0.3 is 4.90 Å². The van der Waals surface area contributed by atoms with E-state index < -0.39 is 0 Å². The molecule has 3 heteroatoms. The zero-order valence-electron chi connectivity index (χ0n) is 42.3. The summed E-state index contributed by atoms with van der Waals surface area (Å²) in [6, 6.07) is 88.9. The van der Waals surface area contributed by atoms with Crippen molar-refractivity contribution < 1.29 is 0 Å². The Morgan fingerprint density at radius 1 is 0.280 bits per heavy atom. The van der Waals surface area contributed by atoms with Crippen LogP contribution in [0.15, 0.2) is 237 Å². The van der Waals surface area contributed by atoms with Gasteiger partial charge in [0, 0.05) is 68.1 Å². The van der Waals surface area contributed by atoms with Crippen LogP contribution >= 0.6 is 22.7 Å². The topological polar surface area (TPSA) is 3.24 Å². The summed E-state index contributed by atoms with van der Waals surface area (Å²) in [5.74, 6) is 0. The van der Waals surface area contributed by atoms with Crippen LogP contribution in [0.5, 0.6) is 0 Å². The highest BCUT2D eigenvalue weighted by molar-refractivity contribution is 7.26. The van der Waals surface area contributed by atoms with E-state index in [-0.39, 0.29) is 10.8 Å². The molecule has 1 nitrogen and oxygen atoms in total. The first-order valence-electron chi connectivity index (χ1n) is 26.1. The average Bonchev–Trinajstić information content (AvgIpc) is 4.15. The molecule has 0 bridgehead atoms. The van der Waals surface area contributed by atoms with Crippen molar-refractivity contribution >= 4 is 80.1 Å². The Bertz CT molecular complexity index is 4460. The third-order valence-electron chi connectivity index (χ3n) is 16.6. The fourth-order valence-corrected chi connectivity index (χ4v) is 15.1. The van der Waals surface area contributed by atoms with Crippen molar-refractivity contribution in [1.29, 1.82) is 0 Å². The van der Waals surface area contributed by atoms with Crippen molar-refractivity contribution in [1.82, 2.24) is 0 Å². The molecule has 0 aliphatic heterocycles. The van der Waals surface area contributed by atoms with Gasteiger partial charge in [-0.2, -0.15) is 0 Å². The molecule has 356 valence electrons. The highest BCUT2D eigenvalue weighted by atomic mass is 32.1. The standard InChI is InChI=1S/C72H51NS2/c1-71(2)62-41-51(73(50-31-27-45(28-32-50)44-17-7-5-8-18-44)65-24-14-11-21-52(65)46-19-9-6-10-20-46)33-34-53(62)57-42-64-58(43-63(57)71)61-40-49(47-29-35-68-59(37-47)54-22-12-15-25-66(54)74-68)39-56(70(61)72(64,3)4)48-30-36-69-60(38-48)55-23-13-16-26-67(55)75-69/h5-43H,1-4H3. The fourth-order valence-electron chi connectivity index (χ4n) is 12.9. The molecule has 0 atom stereocenters. The molecule has 0 saturated heterocycles. The van der Waals surface area contributed by atoms with Crippen LogP contribution in [0.4, 0.5) is 17.1 Å². The van der Waals surface area contributed by atoms with Gasteiger partial charge in [0.15, 0.2) is 0 Å². The summed E-state index contributed by atoms with van der Waals surface area (Å²) in [6.07, 6.45) is 0. The SMILES string of the molecule is CC1(C)c2cc(N(c3ccc(-c4ccccc4)cc3)c3ccccc3-c3ccccc3)ccc2-c2cc3c(cc21)-c1cc(-c2ccc4sc5ccccc5c4c2)cc(-c2ccc4sc5ccccc5c4c2)c1C3(C)C. The molecule has 2 aliphatic carbocycles. The van der Waals surface area contributed by atoms with Crippen molar-refractivity contribution in [2.45, 2.75) is 38.5 Å². The Balaban J connectivity index is 0.899. The maximum atomic E-state index is 2.58. The van der Waals surface area contributed by atoms with Crippen LogP contribution < -0.4 is 4.90 Å². The smallest absolute Gasteiger partial charge is 0.0540 e. The summed E-state index contributed by atoms with van der Waals surface area (Å²) in [7, 11) is 0. The molecule has 2 heterocycles. The zero-order chi connectivity index (χ0) is 50.2. The number of hydrogen-bond donors (Lipinski definition) is 0. The maximum Gasteiger partial charge on any atom is 0.0540 e. The van der Waals surface area contributed by atoms with Gasteiger partial charge in [0.2, 0.25) is 0 Å². The van der Waals surface area contributed by atoms with Crippen LogP contribution in [0.1, 0.15) is 49.9 Å². The number of para-hydroxylation sites is 1. The average molecular weight is 994 g/mol. The lowest BCUT2D eigenvalue weighted by Gasteiger charge is -2.30. The quantitative estimate of drug-likeness (QED) is 0.154. The van der Waals surface area contributed by atoms with Crippen LogP contribution in [-0.2, 0) is 10.8 Å². The predicted octanol–water partition coefficient (Wildman–Crippen LogP) is 21.2. The van der Waals surface area contributed by atoms with Crippen molar-refractivity contribution in [2.24, 2.45) is 0 Å². The lowest BCUT2D eigenvalue weighted by molar-refractivity contribution is 0.653. The van der Waals surface area contributed by atoms with Gasteiger partial charge >= 0.3 is 0 Å². The van der Waals surface area contributed by atoms with Crippen LogP contribution in [-0.4, -0.2) is 0 Å². The molecule has 0 N–H and O–H groups in total. The number of fused-ring (bicyclic) bond motifs is 12. The number of anilines is 3. The second kappa shape index (κ2) is 16.6. The molecule has 15 rings (SSSR count). The molecule has 2 aliphatic rings. The lowest BCUT2D eigenvalue weighted by atomic mass is 9.77. The number of nitrogens with zero attached hydrogens (tertiary/aromatic N) is 1. The summed E-state index contributed by atoms with van der Waals surface area (Å²) in [5.41, 5.74) is 23.6. The van der Waals surface area contributed by atoms with Gasteiger partial charge in [-0.05, 0) is 174 Å². The van der Waals surface area contributed by atoms with E-state index in [0.29, 0.717) is 0 Å². The largest absolute Gasteiger partial charge is 0.310 e. The third kappa shape index (κ3) is 6.81. The number of rotatable bonds is 7. The molecular formula is C72H51NS2. The second-order valence-corrected chi connectivity index (χ2v) is 23.8. The van der Waals surface area contributed by atoms with E-state index >= 15 is 0 Å². The highest BCUT2D eigenvalue weighted by Gasteiger charge is 2.43. The molecule has 0 radical (unpaired) electrons. The predicted molar refractivity (Wildman–Crippen MR) is 324 cm³/mol. The van der Waals surface area contributed by atoms with E-state index in [1.54, 1.807) is 0 Å². The zero-order valence-corrected chi connectivity index (χ0v) is 43.9. The third-order valence-corrected chi connectivity index (χ3v) is 18.9. The molecule has 0 amide bonds. The van der Waals surface area contributed by atoms with E-state index in [1.807, 2.05) is 22.7 Å². The Morgan fingerprint density at radius 2 is 0.773 bits per heavy atom. The van der Waals surface area contributed by atoms with Gasteiger partial charge in [-0.25, -0.2) is 0 Å². The summed E-state index contributed by atoms with van der Waals surface area (Å²) >= 11 is 3.77. The van der Waals surface area contributed by atoms with Crippen molar-refractivity contribution in [3.8, 4) is 66.8 Å². The summed E-state index contributed by atoms with van der Waals surface area (Å²) < 4.78 is 5.32. The van der Waals surface area contributed by atoms with Gasteiger partial charge in [0.05, 0.1) is 5.69 Å². The first-order chi connectivity index (χ1) is 36.7. The Hall–Kier alpha value is -8.34. The second-order valence-electron chi connectivity index (χ2n) is 21.6. The number of hydrogen-bond acceptors (Lipinski definition) is 3. The highest BCUT2D eigenvalue weighted by Crippen LogP contribution is 2.59. The van der Waals surface area contributed by atoms with Gasteiger partial charge in [-0.1, -0.05) is 173 Å². The minimum absolute atomic E-state index is 0.274. The van der Waals surface area contributed by atoms with E-state index in [1.165, 1.54) is 129 Å². The Morgan fingerprint density at radius 3 is 1.47 bits per heavy atom. The molecule has 0 spiro atoms. The summed E-state index contributed by atoms with van der Waals surface area (Å²) in [6.45, 7) is 9.80. The lowest BCUT2D eigenvalue weighted by Crippen LogP contribution is -2.18. The first-order valence-corrected chi connectivity index (χ1v) is 27.8. The van der Waals surface area contributed by atoms with Gasteiger partial charge in [0.1, 0.15) is 0 Å². The van der Waals surface area contributed by atoms with Crippen LogP contribution in [0, 0.1) is 0 Å². The molecule has 2 aromatic heterocycles. The monoisotopic (exact) mass is 993 g/mol. The summed E-state index contributed by atoms with van der Waals surface area (Å²) in [5, 5.41) is 5.31. The fraction of sp³-hybridized carbons (Fsp3) is 0.0833.